The van der Waals surface area contributed by atoms with Crippen LogP contribution in [0.2, 0.25) is 0 Å². The van der Waals surface area contributed by atoms with Gasteiger partial charge in [-0.15, -0.1) is 0 Å². The molecule has 8 heteroatoms. The number of nitrogen functional groups attached to an aromatic ring is 1. The highest BCUT2D eigenvalue weighted by Gasteiger charge is 2.44. The number of anilines is 1. The molecule has 0 atom stereocenters. The topological polar surface area (TPSA) is 110 Å². The lowest BCUT2D eigenvalue weighted by atomic mass is 10.0. The van der Waals surface area contributed by atoms with Crippen LogP contribution in [0.5, 0.6) is 0 Å². The van der Waals surface area contributed by atoms with Gasteiger partial charge in [0.25, 0.3) is 0 Å². The molecule has 0 bridgehead atoms. The van der Waals surface area contributed by atoms with Gasteiger partial charge in [0.1, 0.15) is 0 Å². The molecular formula is C12H16N2O5S. The number of methoxy groups -OCH3 is 1. The Hall–Kier alpha value is -1.64. The summed E-state index contributed by atoms with van der Waals surface area (Å²) < 4.78 is 30.5. The Morgan fingerprint density at radius 2 is 2.05 bits per heavy atom. The number of rotatable bonds is 3. The molecule has 110 valence electrons. The summed E-state index contributed by atoms with van der Waals surface area (Å²) in [5.74, 6) is -0.775. The number of benzene rings is 1. The van der Waals surface area contributed by atoms with Crippen LogP contribution in [0.15, 0.2) is 23.1 Å². The van der Waals surface area contributed by atoms with Gasteiger partial charge in [-0.25, -0.2) is 13.2 Å². The van der Waals surface area contributed by atoms with Crippen LogP contribution < -0.4 is 5.73 Å². The number of β-amino-alcohol motifs (C(OH)–C–C–N with tert-alkyl or cyclic N) is 1. The van der Waals surface area contributed by atoms with Crippen molar-refractivity contribution < 1.29 is 23.1 Å². The Labute approximate surface area is 117 Å². The first-order valence-corrected chi connectivity index (χ1v) is 7.32. The lowest BCUT2D eigenvalue weighted by Crippen LogP contribution is -2.61. The van der Waals surface area contributed by atoms with Gasteiger partial charge in [0.2, 0.25) is 10.0 Å². The first-order valence-electron chi connectivity index (χ1n) is 5.88. The first kappa shape index (κ1) is 14.8. The monoisotopic (exact) mass is 300 g/mol. The highest BCUT2D eigenvalue weighted by Crippen LogP contribution is 2.30. The van der Waals surface area contributed by atoms with Gasteiger partial charge < -0.3 is 15.6 Å². The van der Waals surface area contributed by atoms with E-state index in [1.165, 1.54) is 18.2 Å². The first-order chi connectivity index (χ1) is 9.17. The van der Waals surface area contributed by atoms with Crippen molar-refractivity contribution in [3.8, 4) is 0 Å². The number of carbonyl (C=O) groups excluding carboxylic acids is 1. The number of hydrogen-bond donors (Lipinski definition) is 2. The average molecular weight is 300 g/mol. The maximum absolute atomic E-state index is 12.4. The molecule has 0 amide bonds. The van der Waals surface area contributed by atoms with Crippen LogP contribution in [-0.4, -0.2) is 49.6 Å². The molecule has 0 spiro atoms. The second-order valence-electron chi connectivity index (χ2n) is 5.02. The Balaban J connectivity index is 2.45. The minimum atomic E-state index is -3.86. The Kier molecular flexibility index (Phi) is 3.49. The zero-order valence-electron chi connectivity index (χ0n) is 11.2. The molecular weight excluding hydrogens is 284 g/mol. The largest absolute Gasteiger partial charge is 0.465 e. The van der Waals surface area contributed by atoms with E-state index in [2.05, 4.69) is 4.74 Å². The fourth-order valence-corrected chi connectivity index (χ4v) is 3.90. The fraction of sp³-hybridized carbons (Fsp3) is 0.417. The van der Waals surface area contributed by atoms with E-state index in [1.807, 2.05) is 0 Å². The fourth-order valence-electron chi connectivity index (χ4n) is 2.06. The minimum absolute atomic E-state index is 0.0136. The number of sulfonamides is 1. The summed E-state index contributed by atoms with van der Waals surface area (Å²) in [5, 5.41) is 9.64. The smallest absolute Gasteiger partial charge is 0.339 e. The van der Waals surface area contributed by atoms with E-state index in [0.717, 1.165) is 11.4 Å². The normalized spacial score (nSPS) is 18.4. The van der Waals surface area contributed by atoms with E-state index in [1.54, 1.807) is 6.92 Å². The molecule has 0 radical (unpaired) electrons. The van der Waals surface area contributed by atoms with Crippen molar-refractivity contribution in [1.29, 1.82) is 0 Å². The summed E-state index contributed by atoms with van der Waals surface area (Å²) >= 11 is 0. The van der Waals surface area contributed by atoms with Crippen LogP contribution in [0, 0.1) is 0 Å². The lowest BCUT2D eigenvalue weighted by Gasteiger charge is -2.43. The van der Waals surface area contributed by atoms with Gasteiger partial charge in [0.15, 0.2) is 0 Å². The molecule has 3 N–H and O–H groups in total. The summed E-state index contributed by atoms with van der Waals surface area (Å²) in [5.41, 5.74) is 4.69. The molecule has 1 aromatic rings. The van der Waals surface area contributed by atoms with E-state index >= 15 is 0 Å². The molecule has 0 aromatic heterocycles. The van der Waals surface area contributed by atoms with Gasteiger partial charge in [0.05, 0.1) is 23.2 Å². The molecule has 1 heterocycles. The van der Waals surface area contributed by atoms with Crippen molar-refractivity contribution in [1.82, 2.24) is 4.31 Å². The van der Waals surface area contributed by atoms with E-state index in [0.29, 0.717) is 0 Å². The van der Waals surface area contributed by atoms with Gasteiger partial charge in [-0.2, -0.15) is 4.31 Å². The van der Waals surface area contributed by atoms with Crippen molar-refractivity contribution in [2.45, 2.75) is 17.4 Å². The van der Waals surface area contributed by atoms with Crippen molar-refractivity contribution in [3.05, 3.63) is 23.8 Å². The quantitative estimate of drug-likeness (QED) is 0.591. The van der Waals surface area contributed by atoms with Crippen LogP contribution in [0.3, 0.4) is 0 Å². The molecule has 2 rings (SSSR count). The van der Waals surface area contributed by atoms with E-state index in [4.69, 9.17) is 5.73 Å². The molecule has 7 nitrogen and oxygen atoms in total. The van der Waals surface area contributed by atoms with Crippen LogP contribution in [0.1, 0.15) is 17.3 Å². The second-order valence-corrected chi connectivity index (χ2v) is 6.92. The molecule has 0 unspecified atom stereocenters. The molecule has 0 aliphatic carbocycles. The van der Waals surface area contributed by atoms with Gasteiger partial charge in [-0.1, -0.05) is 0 Å². The molecule has 1 fully saturated rings. The van der Waals surface area contributed by atoms with Gasteiger partial charge in [0, 0.05) is 18.8 Å². The SMILES string of the molecule is COC(=O)c1cc(N)ccc1S(=O)(=O)N1CC(C)(O)C1. The van der Waals surface area contributed by atoms with Crippen LogP contribution in [-0.2, 0) is 14.8 Å². The van der Waals surface area contributed by atoms with Gasteiger partial charge >= 0.3 is 5.97 Å². The van der Waals surface area contributed by atoms with E-state index in [9.17, 15) is 18.3 Å². The van der Waals surface area contributed by atoms with Crippen molar-refractivity contribution in [2.75, 3.05) is 25.9 Å². The number of nitrogens with two attached hydrogens (primary N) is 1. The van der Waals surface area contributed by atoms with Crippen molar-refractivity contribution >= 4 is 21.7 Å². The summed E-state index contributed by atoms with van der Waals surface area (Å²) in [6, 6.07) is 3.93. The minimum Gasteiger partial charge on any atom is -0.465 e. The second kappa shape index (κ2) is 4.72. The average Bonchev–Trinajstić information content (AvgIpc) is 2.34. The Morgan fingerprint density at radius 3 is 2.55 bits per heavy atom. The van der Waals surface area contributed by atoms with Crippen LogP contribution in [0.25, 0.3) is 0 Å². The maximum Gasteiger partial charge on any atom is 0.339 e. The third kappa shape index (κ3) is 2.49. The number of esters is 1. The van der Waals surface area contributed by atoms with E-state index < -0.39 is 21.6 Å². The summed E-state index contributed by atoms with van der Waals surface area (Å²) in [6.45, 7) is 1.52. The van der Waals surface area contributed by atoms with Crippen LogP contribution >= 0.6 is 0 Å². The zero-order valence-corrected chi connectivity index (χ0v) is 12.0. The number of aliphatic hydroxyl groups is 1. The molecule has 1 saturated heterocycles. The Morgan fingerprint density at radius 1 is 1.45 bits per heavy atom. The molecule has 1 aliphatic rings. The summed E-state index contributed by atoms with van der Waals surface area (Å²) in [6.07, 6.45) is 0. The Bertz CT molecular complexity index is 646. The number of ether oxygens (including phenoxy) is 1. The number of hydrogen-bond acceptors (Lipinski definition) is 6. The zero-order chi connectivity index (χ0) is 15.1. The maximum atomic E-state index is 12.4. The molecule has 1 aromatic carbocycles. The third-order valence-corrected chi connectivity index (χ3v) is 4.91. The van der Waals surface area contributed by atoms with Crippen LogP contribution in [0.4, 0.5) is 5.69 Å². The summed E-state index contributed by atoms with van der Waals surface area (Å²) in [4.78, 5) is 11.5. The predicted octanol–water partition coefficient (Wildman–Crippen LogP) is -0.189. The number of carbonyl (C=O) groups is 1. The van der Waals surface area contributed by atoms with Gasteiger partial charge in [-0.05, 0) is 25.1 Å². The summed E-state index contributed by atoms with van der Waals surface area (Å²) in [7, 11) is -2.70. The predicted molar refractivity (Wildman–Crippen MR) is 71.6 cm³/mol. The van der Waals surface area contributed by atoms with Crippen molar-refractivity contribution in [3.63, 3.8) is 0 Å². The highest BCUT2D eigenvalue weighted by atomic mass is 32.2. The standard InChI is InChI=1S/C12H16N2O5S/c1-12(16)6-14(7-12)20(17,18)10-4-3-8(13)5-9(10)11(15)19-2/h3-5,16H,6-7,13H2,1-2H3. The lowest BCUT2D eigenvalue weighted by molar-refractivity contribution is -0.0426. The molecule has 1 aliphatic heterocycles. The third-order valence-electron chi connectivity index (χ3n) is 3.06. The highest BCUT2D eigenvalue weighted by molar-refractivity contribution is 7.89. The van der Waals surface area contributed by atoms with Crippen molar-refractivity contribution in [2.24, 2.45) is 0 Å². The number of nitrogens with zero attached hydrogens (tertiary/aromatic N) is 1. The van der Waals surface area contributed by atoms with E-state index in [-0.39, 0.29) is 29.2 Å². The molecule has 0 saturated carbocycles. The molecule has 20 heavy (non-hydrogen) atoms. The van der Waals surface area contributed by atoms with Gasteiger partial charge in [-0.3, -0.25) is 0 Å².